The Labute approximate surface area is 96.0 Å². The number of methoxy groups -OCH3 is 1. The predicted octanol–water partition coefficient (Wildman–Crippen LogP) is 2.09. The fourth-order valence-corrected chi connectivity index (χ4v) is 2.32. The van der Waals surface area contributed by atoms with Gasteiger partial charge in [-0.05, 0) is 24.1 Å². The first-order valence-electron chi connectivity index (χ1n) is 5.50. The van der Waals surface area contributed by atoms with Crippen LogP contribution in [0, 0.1) is 6.92 Å². The summed E-state index contributed by atoms with van der Waals surface area (Å²) in [6.45, 7) is 2.98. The van der Waals surface area contributed by atoms with E-state index in [0.717, 1.165) is 6.54 Å². The highest BCUT2D eigenvalue weighted by molar-refractivity contribution is 5.73. The van der Waals surface area contributed by atoms with Gasteiger partial charge in [0.15, 0.2) is 0 Å². The lowest BCUT2D eigenvalue weighted by molar-refractivity contribution is -0.140. The average molecular weight is 219 g/mol. The molecule has 0 saturated heterocycles. The monoisotopic (exact) mass is 219 g/mol. The summed E-state index contributed by atoms with van der Waals surface area (Å²) in [4.78, 5) is 13.5. The van der Waals surface area contributed by atoms with Crippen molar-refractivity contribution in [3.8, 4) is 0 Å². The Hall–Kier alpha value is -1.51. The molecule has 1 aromatic rings. The Morgan fingerprint density at radius 1 is 1.56 bits per heavy atom. The summed E-state index contributed by atoms with van der Waals surface area (Å²) in [5.41, 5.74) is 3.76. The van der Waals surface area contributed by atoms with Gasteiger partial charge in [-0.3, -0.25) is 4.79 Å². The van der Waals surface area contributed by atoms with Gasteiger partial charge >= 0.3 is 5.97 Å². The molecule has 1 aliphatic rings. The third kappa shape index (κ3) is 1.90. The third-order valence-electron chi connectivity index (χ3n) is 3.17. The van der Waals surface area contributed by atoms with Crippen LogP contribution in [0.3, 0.4) is 0 Å². The zero-order valence-corrected chi connectivity index (χ0v) is 9.99. The predicted molar refractivity (Wildman–Crippen MR) is 63.8 cm³/mol. The van der Waals surface area contributed by atoms with Crippen LogP contribution >= 0.6 is 0 Å². The molecule has 0 bridgehead atoms. The Bertz CT molecular complexity index is 414. The Kier molecular flexibility index (Phi) is 2.86. The molecule has 86 valence electrons. The van der Waals surface area contributed by atoms with Gasteiger partial charge in [-0.1, -0.05) is 12.1 Å². The molecule has 0 radical (unpaired) electrons. The van der Waals surface area contributed by atoms with Crippen molar-refractivity contribution in [1.82, 2.24) is 0 Å². The molecule has 2 rings (SSSR count). The number of likely N-dealkylation sites (N-methyl/N-ethyl adjacent to an activating group) is 1. The van der Waals surface area contributed by atoms with Gasteiger partial charge in [-0.2, -0.15) is 0 Å². The number of hydrogen-bond donors (Lipinski definition) is 0. The average Bonchev–Trinajstić information content (AvgIpc) is 2.55. The van der Waals surface area contributed by atoms with E-state index in [9.17, 15) is 4.79 Å². The van der Waals surface area contributed by atoms with Crippen molar-refractivity contribution >= 4 is 11.7 Å². The van der Waals surface area contributed by atoms with E-state index in [1.54, 1.807) is 0 Å². The first kappa shape index (κ1) is 11.0. The molecule has 0 aromatic heterocycles. The molecule has 1 aromatic carbocycles. The molecule has 1 atom stereocenters. The molecule has 3 nitrogen and oxygen atoms in total. The number of aryl methyl sites for hydroxylation is 1. The standard InChI is InChI=1S/C13H17NO2/c1-9-4-5-11-10(7-13(15)16-3)8-14(2)12(11)6-9/h4-6,10H,7-8H2,1-3H3. The summed E-state index contributed by atoms with van der Waals surface area (Å²) in [5, 5.41) is 0. The second-order valence-electron chi connectivity index (χ2n) is 4.42. The maximum Gasteiger partial charge on any atom is 0.306 e. The van der Waals surface area contributed by atoms with Crippen molar-refractivity contribution in [1.29, 1.82) is 0 Å². The summed E-state index contributed by atoms with van der Waals surface area (Å²) >= 11 is 0. The maximum absolute atomic E-state index is 11.3. The van der Waals surface area contributed by atoms with Crippen LogP contribution in [-0.4, -0.2) is 26.7 Å². The van der Waals surface area contributed by atoms with E-state index in [2.05, 4.69) is 37.1 Å². The topological polar surface area (TPSA) is 29.5 Å². The zero-order chi connectivity index (χ0) is 11.7. The Morgan fingerprint density at radius 2 is 2.31 bits per heavy atom. The van der Waals surface area contributed by atoms with Crippen molar-refractivity contribution < 1.29 is 9.53 Å². The number of benzene rings is 1. The van der Waals surface area contributed by atoms with Gasteiger partial charge in [-0.25, -0.2) is 0 Å². The van der Waals surface area contributed by atoms with E-state index in [1.807, 2.05) is 0 Å². The molecular formula is C13H17NO2. The Morgan fingerprint density at radius 3 is 3.00 bits per heavy atom. The lowest BCUT2D eigenvalue weighted by atomic mass is 9.97. The van der Waals surface area contributed by atoms with E-state index < -0.39 is 0 Å². The quantitative estimate of drug-likeness (QED) is 0.713. The number of carbonyl (C=O) groups excluding carboxylic acids is 1. The van der Waals surface area contributed by atoms with Gasteiger partial charge in [-0.15, -0.1) is 0 Å². The van der Waals surface area contributed by atoms with E-state index >= 15 is 0 Å². The highest BCUT2D eigenvalue weighted by Crippen LogP contribution is 2.37. The summed E-state index contributed by atoms with van der Waals surface area (Å²) in [6, 6.07) is 6.40. The number of carbonyl (C=O) groups is 1. The molecule has 1 aliphatic heterocycles. The maximum atomic E-state index is 11.3. The van der Waals surface area contributed by atoms with Crippen LogP contribution < -0.4 is 4.90 Å². The molecule has 0 N–H and O–H groups in total. The largest absolute Gasteiger partial charge is 0.469 e. The van der Waals surface area contributed by atoms with E-state index in [-0.39, 0.29) is 11.9 Å². The third-order valence-corrected chi connectivity index (χ3v) is 3.17. The normalized spacial score (nSPS) is 18.4. The number of ether oxygens (including phenoxy) is 1. The zero-order valence-electron chi connectivity index (χ0n) is 9.99. The van der Waals surface area contributed by atoms with Crippen molar-refractivity contribution in [2.45, 2.75) is 19.3 Å². The molecule has 1 heterocycles. The second-order valence-corrected chi connectivity index (χ2v) is 4.42. The minimum absolute atomic E-state index is 0.133. The van der Waals surface area contributed by atoms with Gasteiger partial charge in [0, 0.05) is 25.2 Å². The number of nitrogens with zero attached hydrogens (tertiary/aromatic N) is 1. The molecule has 0 saturated carbocycles. The smallest absolute Gasteiger partial charge is 0.306 e. The van der Waals surface area contributed by atoms with E-state index in [0.29, 0.717) is 6.42 Å². The van der Waals surface area contributed by atoms with E-state index in [4.69, 9.17) is 4.74 Å². The van der Waals surface area contributed by atoms with Gasteiger partial charge in [0.2, 0.25) is 0 Å². The molecule has 0 amide bonds. The van der Waals surface area contributed by atoms with E-state index in [1.165, 1.54) is 23.9 Å². The van der Waals surface area contributed by atoms with Crippen LogP contribution in [0.2, 0.25) is 0 Å². The van der Waals surface area contributed by atoms with Crippen molar-refractivity contribution in [3.63, 3.8) is 0 Å². The number of fused-ring (bicyclic) bond motifs is 1. The molecule has 16 heavy (non-hydrogen) atoms. The lowest BCUT2D eigenvalue weighted by Crippen LogP contribution is -2.17. The fraction of sp³-hybridized carbons (Fsp3) is 0.462. The van der Waals surface area contributed by atoms with Crippen LogP contribution in [-0.2, 0) is 9.53 Å². The molecular weight excluding hydrogens is 202 g/mol. The summed E-state index contributed by atoms with van der Waals surface area (Å²) in [7, 11) is 3.51. The van der Waals surface area contributed by atoms with Gasteiger partial charge in [0.1, 0.15) is 0 Å². The minimum Gasteiger partial charge on any atom is -0.469 e. The molecule has 1 unspecified atom stereocenters. The fourth-order valence-electron chi connectivity index (χ4n) is 2.32. The number of esters is 1. The van der Waals surface area contributed by atoms with Crippen LogP contribution in [0.1, 0.15) is 23.5 Å². The molecule has 3 heteroatoms. The summed E-state index contributed by atoms with van der Waals surface area (Å²) < 4.78 is 4.73. The number of hydrogen-bond acceptors (Lipinski definition) is 3. The van der Waals surface area contributed by atoms with Crippen LogP contribution in [0.15, 0.2) is 18.2 Å². The molecule has 0 fully saturated rings. The van der Waals surface area contributed by atoms with Crippen LogP contribution in [0.4, 0.5) is 5.69 Å². The van der Waals surface area contributed by atoms with Crippen molar-refractivity contribution in [3.05, 3.63) is 29.3 Å². The second kappa shape index (κ2) is 4.16. The summed E-state index contributed by atoms with van der Waals surface area (Å²) in [6.07, 6.45) is 0.469. The highest BCUT2D eigenvalue weighted by Gasteiger charge is 2.28. The lowest BCUT2D eigenvalue weighted by Gasteiger charge is -2.12. The SMILES string of the molecule is COC(=O)CC1CN(C)c2cc(C)ccc21. The van der Waals surface area contributed by atoms with Gasteiger partial charge in [0.05, 0.1) is 13.5 Å². The Balaban J connectivity index is 2.25. The summed E-state index contributed by atoms with van der Waals surface area (Å²) in [5.74, 6) is 0.139. The molecule has 0 aliphatic carbocycles. The number of rotatable bonds is 2. The first-order valence-corrected chi connectivity index (χ1v) is 5.50. The van der Waals surface area contributed by atoms with Crippen LogP contribution in [0.5, 0.6) is 0 Å². The van der Waals surface area contributed by atoms with Crippen molar-refractivity contribution in [2.24, 2.45) is 0 Å². The van der Waals surface area contributed by atoms with Gasteiger partial charge < -0.3 is 9.64 Å². The van der Waals surface area contributed by atoms with Crippen LogP contribution in [0.25, 0.3) is 0 Å². The van der Waals surface area contributed by atoms with Gasteiger partial charge in [0.25, 0.3) is 0 Å². The molecule has 0 spiro atoms. The highest BCUT2D eigenvalue weighted by atomic mass is 16.5. The first-order chi connectivity index (χ1) is 7.61. The minimum atomic E-state index is -0.133. The number of anilines is 1. The van der Waals surface area contributed by atoms with Crippen molar-refractivity contribution in [2.75, 3.05) is 25.6 Å².